The van der Waals surface area contributed by atoms with Gasteiger partial charge in [-0.3, -0.25) is 0 Å². The van der Waals surface area contributed by atoms with E-state index in [1.54, 1.807) is 17.7 Å². The molecule has 5 nitrogen and oxygen atoms in total. The van der Waals surface area contributed by atoms with Crippen molar-refractivity contribution in [3.05, 3.63) is 65.4 Å². The Balaban J connectivity index is 1.57. The van der Waals surface area contributed by atoms with E-state index in [0.29, 0.717) is 6.54 Å². The van der Waals surface area contributed by atoms with Crippen molar-refractivity contribution in [2.24, 2.45) is 0 Å². The van der Waals surface area contributed by atoms with Crippen molar-refractivity contribution in [1.82, 2.24) is 20.2 Å². The summed E-state index contributed by atoms with van der Waals surface area (Å²) in [4.78, 5) is 8.71. The maximum absolute atomic E-state index is 4.38. The number of hydrogen-bond donors (Lipinski definition) is 1. The number of benzene rings is 2. The van der Waals surface area contributed by atoms with Crippen LogP contribution in [0.25, 0.3) is 21.5 Å². The number of anilines is 1. The van der Waals surface area contributed by atoms with Crippen LogP contribution in [0.1, 0.15) is 10.6 Å². The molecule has 1 N–H and O–H groups in total. The van der Waals surface area contributed by atoms with Gasteiger partial charge in [0.25, 0.3) is 0 Å². The zero-order chi connectivity index (χ0) is 16.4. The molecular weight excluding hydrogens is 318 g/mol. The first kappa shape index (κ1) is 14.7. The largest absolute Gasteiger partial charge is 0.363 e. The van der Waals surface area contributed by atoms with Gasteiger partial charge in [0, 0.05) is 10.9 Å². The van der Waals surface area contributed by atoms with E-state index in [1.165, 1.54) is 0 Å². The number of aryl methyl sites for hydroxylation is 1. The lowest BCUT2D eigenvalue weighted by Crippen LogP contribution is -2.03. The molecule has 0 aliphatic carbocycles. The average molecular weight is 333 g/mol. The van der Waals surface area contributed by atoms with Gasteiger partial charge in [-0.2, -0.15) is 0 Å². The second-order valence-electron chi connectivity index (χ2n) is 5.41. The van der Waals surface area contributed by atoms with Gasteiger partial charge in [-0.1, -0.05) is 53.8 Å². The summed E-state index contributed by atoms with van der Waals surface area (Å²) in [6.07, 6.45) is 1.58. The summed E-state index contributed by atoms with van der Waals surface area (Å²) in [6.45, 7) is 2.65. The molecule has 2 aromatic heterocycles. The van der Waals surface area contributed by atoms with Crippen molar-refractivity contribution in [3.63, 3.8) is 0 Å². The molecule has 0 atom stereocenters. The molecule has 4 aromatic rings. The number of nitrogens with one attached hydrogen (secondary N) is 1. The Morgan fingerprint density at radius 3 is 2.71 bits per heavy atom. The quantitative estimate of drug-likeness (QED) is 0.610. The first-order valence-electron chi connectivity index (χ1n) is 7.63. The summed E-state index contributed by atoms with van der Waals surface area (Å²) in [5.74, 6) is 0.828. The first-order chi connectivity index (χ1) is 11.8. The van der Waals surface area contributed by atoms with Gasteiger partial charge in [0.2, 0.25) is 0 Å². The summed E-state index contributed by atoms with van der Waals surface area (Å²) in [5, 5.41) is 14.8. The third kappa shape index (κ3) is 2.83. The molecule has 0 radical (unpaired) electrons. The van der Waals surface area contributed by atoms with Crippen LogP contribution in [0.2, 0.25) is 0 Å². The molecule has 0 spiro atoms. The van der Waals surface area contributed by atoms with Crippen LogP contribution in [0.15, 0.2) is 54.9 Å². The Morgan fingerprint density at radius 1 is 0.958 bits per heavy atom. The maximum atomic E-state index is 4.38. The highest BCUT2D eigenvalue weighted by atomic mass is 32.1. The van der Waals surface area contributed by atoms with E-state index in [2.05, 4.69) is 38.5 Å². The van der Waals surface area contributed by atoms with Gasteiger partial charge in [-0.05, 0) is 18.6 Å². The Labute approximate surface area is 143 Å². The van der Waals surface area contributed by atoms with E-state index >= 15 is 0 Å². The molecule has 0 saturated heterocycles. The third-order valence-electron chi connectivity index (χ3n) is 3.77. The molecule has 0 aliphatic heterocycles. The van der Waals surface area contributed by atoms with E-state index in [1.807, 2.05) is 42.5 Å². The molecule has 2 aromatic carbocycles. The number of nitrogens with zero attached hydrogens (tertiary/aromatic N) is 4. The summed E-state index contributed by atoms with van der Waals surface area (Å²) < 4.78 is 0. The summed E-state index contributed by atoms with van der Waals surface area (Å²) >= 11 is 1.59. The monoisotopic (exact) mass is 333 g/mol. The van der Waals surface area contributed by atoms with Crippen molar-refractivity contribution in [2.75, 3.05) is 5.32 Å². The van der Waals surface area contributed by atoms with Gasteiger partial charge in [0.1, 0.15) is 22.2 Å². The molecule has 4 rings (SSSR count). The summed E-state index contributed by atoms with van der Waals surface area (Å²) in [7, 11) is 0. The third-order valence-corrected chi connectivity index (χ3v) is 4.74. The van der Waals surface area contributed by atoms with Crippen LogP contribution in [-0.2, 0) is 6.54 Å². The van der Waals surface area contributed by atoms with Gasteiger partial charge in [-0.15, -0.1) is 10.2 Å². The maximum Gasteiger partial charge on any atom is 0.147 e. The fraction of sp³-hybridized carbons (Fsp3) is 0.111. The second-order valence-corrected chi connectivity index (χ2v) is 6.47. The van der Waals surface area contributed by atoms with Gasteiger partial charge < -0.3 is 5.32 Å². The van der Waals surface area contributed by atoms with Crippen LogP contribution < -0.4 is 5.32 Å². The fourth-order valence-electron chi connectivity index (χ4n) is 2.60. The Morgan fingerprint density at radius 2 is 1.83 bits per heavy atom. The summed E-state index contributed by atoms with van der Waals surface area (Å²) in [6, 6.07) is 16.1. The highest BCUT2D eigenvalue weighted by Crippen LogP contribution is 2.26. The lowest BCUT2D eigenvalue weighted by Gasteiger charge is -2.08. The zero-order valence-corrected chi connectivity index (χ0v) is 13.9. The van der Waals surface area contributed by atoms with Crippen molar-refractivity contribution in [1.29, 1.82) is 0 Å². The van der Waals surface area contributed by atoms with E-state index < -0.39 is 0 Å². The zero-order valence-electron chi connectivity index (χ0n) is 13.1. The van der Waals surface area contributed by atoms with Crippen LogP contribution in [0, 0.1) is 6.92 Å². The predicted molar refractivity (Wildman–Crippen MR) is 96.9 cm³/mol. The van der Waals surface area contributed by atoms with Crippen molar-refractivity contribution >= 4 is 28.1 Å². The number of rotatable bonds is 4. The average Bonchev–Trinajstić information content (AvgIpc) is 3.10. The Kier molecular flexibility index (Phi) is 3.88. The number of aromatic nitrogens is 4. The molecule has 0 saturated carbocycles. The Bertz CT molecular complexity index is 976. The molecule has 0 amide bonds. The molecule has 24 heavy (non-hydrogen) atoms. The molecule has 2 heterocycles. The molecule has 0 fully saturated rings. The van der Waals surface area contributed by atoms with Crippen molar-refractivity contribution in [2.45, 2.75) is 13.5 Å². The minimum Gasteiger partial charge on any atom is -0.363 e. The lowest BCUT2D eigenvalue weighted by molar-refractivity contribution is 0.985. The van der Waals surface area contributed by atoms with Crippen LogP contribution in [0.5, 0.6) is 0 Å². The highest BCUT2D eigenvalue weighted by molar-refractivity contribution is 7.14. The topological polar surface area (TPSA) is 63.6 Å². The van der Waals surface area contributed by atoms with Crippen molar-refractivity contribution < 1.29 is 0 Å². The number of hydrogen-bond acceptors (Lipinski definition) is 6. The van der Waals surface area contributed by atoms with E-state index in [-0.39, 0.29) is 0 Å². The smallest absolute Gasteiger partial charge is 0.147 e. The molecule has 0 bridgehead atoms. The van der Waals surface area contributed by atoms with Gasteiger partial charge >= 0.3 is 0 Å². The minimum atomic E-state index is 0.588. The van der Waals surface area contributed by atoms with Gasteiger partial charge in [-0.25, -0.2) is 9.97 Å². The summed E-state index contributed by atoms with van der Waals surface area (Å²) in [5.41, 5.74) is 3.18. The molecule has 0 unspecified atom stereocenters. The normalized spacial score (nSPS) is 10.9. The first-order valence-corrected chi connectivity index (χ1v) is 8.45. The van der Waals surface area contributed by atoms with Crippen LogP contribution in [0.4, 0.5) is 5.82 Å². The van der Waals surface area contributed by atoms with Crippen LogP contribution >= 0.6 is 11.3 Å². The second kappa shape index (κ2) is 6.33. The highest BCUT2D eigenvalue weighted by Gasteiger charge is 2.09. The van der Waals surface area contributed by atoms with Gasteiger partial charge in [0.05, 0.1) is 12.1 Å². The van der Waals surface area contributed by atoms with E-state index in [4.69, 9.17) is 0 Å². The minimum absolute atomic E-state index is 0.588. The van der Waals surface area contributed by atoms with E-state index in [0.717, 1.165) is 37.9 Å². The fourth-order valence-corrected chi connectivity index (χ4v) is 3.38. The standard InChI is InChI=1S/C18H15N5S/c1-12-6-5-9-14-16(12)17(21-11-20-14)19-10-15-22-23-18(24-15)13-7-3-2-4-8-13/h2-9,11H,10H2,1H3,(H,19,20,21). The molecule has 118 valence electrons. The predicted octanol–water partition coefficient (Wildman–Crippen LogP) is 4.07. The van der Waals surface area contributed by atoms with Crippen LogP contribution in [-0.4, -0.2) is 20.2 Å². The van der Waals surface area contributed by atoms with Gasteiger partial charge in [0.15, 0.2) is 0 Å². The van der Waals surface area contributed by atoms with Crippen LogP contribution in [0.3, 0.4) is 0 Å². The number of fused-ring (bicyclic) bond motifs is 1. The van der Waals surface area contributed by atoms with E-state index in [9.17, 15) is 0 Å². The molecular formula is C18H15N5S. The molecule has 6 heteroatoms. The van der Waals surface area contributed by atoms with Crippen molar-refractivity contribution in [3.8, 4) is 10.6 Å². The SMILES string of the molecule is Cc1cccc2ncnc(NCc3nnc(-c4ccccc4)s3)c12. The molecule has 0 aliphatic rings. The lowest BCUT2D eigenvalue weighted by atomic mass is 10.1. The Hall–Kier alpha value is -2.86.